The first-order valence-electron chi connectivity index (χ1n) is 19.2. The van der Waals surface area contributed by atoms with E-state index in [1.165, 1.54) is 94.3 Å². The quantitative estimate of drug-likeness (QED) is 0.156. The number of nitrogens with zero attached hydrogens (tertiary/aromatic N) is 1. The molecule has 0 saturated carbocycles. The second-order valence-electron chi connectivity index (χ2n) is 14.5. The number of allylic oxidation sites excluding steroid dienone is 3. The number of fused-ring (bicyclic) bond motifs is 3. The van der Waals surface area contributed by atoms with Crippen LogP contribution in [0.25, 0.3) is 79.6 Å². The zero-order valence-corrected chi connectivity index (χ0v) is 30.6. The van der Waals surface area contributed by atoms with Crippen LogP contribution >= 0.6 is 0 Å². The molecule has 0 spiro atoms. The molecule has 0 fully saturated rings. The van der Waals surface area contributed by atoms with Gasteiger partial charge in [-0.25, -0.2) is 0 Å². The highest BCUT2D eigenvalue weighted by atomic mass is 15.0. The molecular weight excluding hydrogens is 663 g/mol. The Kier molecular flexibility index (Phi) is 8.39. The zero-order valence-electron chi connectivity index (χ0n) is 30.6. The second-order valence-corrected chi connectivity index (χ2v) is 14.5. The first-order chi connectivity index (χ1) is 27.2. The lowest BCUT2D eigenvalue weighted by atomic mass is 9.87. The van der Waals surface area contributed by atoms with Crippen molar-refractivity contribution in [3.63, 3.8) is 0 Å². The Balaban J connectivity index is 1.13. The molecule has 0 radical (unpaired) electrons. The van der Waals surface area contributed by atoms with E-state index in [-0.39, 0.29) is 0 Å². The Hall–Kier alpha value is -6.96. The Morgan fingerprint density at radius 3 is 1.20 bits per heavy atom. The predicted molar refractivity (Wildman–Crippen MR) is 233 cm³/mol. The van der Waals surface area contributed by atoms with Crippen LogP contribution in [-0.2, 0) is 6.42 Å². The molecule has 0 N–H and O–H groups in total. The van der Waals surface area contributed by atoms with Gasteiger partial charge in [0.2, 0.25) is 0 Å². The van der Waals surface area contributed by atoms with Gasteiger partial charge in [0.05, 0.1) is 10.7 Å². The van der Waals surface area contributed by atoms with Gasteiger partial charge in [0.25, 0.3) is 0 Å². The Morgan fingerprint density at radius 1 is 0.345 bits per heavy atom. The fourth-order valence-corrected chi connectivity index (χ4v) is 8.34. The molecule has 8 aromatic rings. The molecule has 2 aliphatic rings. The first-order valence-corrected chi connectivity index (χ1v) is 19.2. The molecule has 7 aromatic carbocycles. The van der Waals surface area contributed by atoms with Crippen molar-refractivity contribution in [2.45, 2.75) is 12.8 Å². The average Bonchev–Trinajstić information content (AvgIpc) is 3.60. The minimum Gasteiger partial charge on any atom is -0.310 e. The summed E-state index contributed by atoms with van der Waals surface area (Å²) in [5, 5.41) is 2.54. The van der Waals surface area contributed by atoms with Crippen LogP contribution < -0.4 is 10.7 Å². The van der Waals surface area contributed by atoms with Gasteiger partial charge >= 0.3 is 0 Å². The summed E-state index contributed by atoms with van der Waals surface area (Å²) < 4.78 is 2.47. The molecule has 1 heterocycles. The molecule has 10 rings (SSSR count). The van der Waals surface area contributed by atoms with Crippen molar-refractivity contribution in [2.24, 2.45) is 0 Å². The van der Waals surface area contributed by atoms with Gasteiger partial charge in [-0.1, -0.05) is 152 Å². The largest absolute Gasteiger partial charge is 0.310 e. The number of benzene rings is 7. The summed E-state index contributed by atoms with van der Waals surface area (Å²) in [6.45, 7) is 0. The van der Waals surface area contributed by atoms with Crippen LogP contribution in [0.1, 0.15) is 28.7 Å². The van der Waals surface area contributed by atoms with Gasteiger partial charge in [0.1, 0.15) is 0 Å². The second kappa shape index (κ2) is 14.1. The number of hydrogen-bond acceptors (Lipinski definition) is 0. The molecular formula is C54H39N. The van der Waals surface area contributed by atoms with Crippen molar-refractivity contribution in [3.05, 3.63) is 227 Å². The Labute approximate surface area is 322 Å². The van der Waals surface area contributed by atoms with E-state index in [1.807, 2.05) is 0 Å². The summed E-state index contributed by atoms with van der Waals surface area (Å²) >= 11 is 0. The predicted octanol–water partition coefficient (Wildman–Crippen LogP) is 12.3. The van der Waals surface area contributed by atoms with Crippen LogP contribution in [-0.4, -0.2) is 4.57 Å². The fraction of sp³-hybridized carbons (Fsp3) is 0.0370. The van der Waals surface area contributed by atoms with Crippen LogP contribution in [0.15, 0.2) is 194 Å². The van der Waals surface area contributed by atoms with E-state index in [0.29, 0.717) is 0 Å². The molecule has 2 aliphatic carbocycles. The minimum absolute atomic E-state index is 0.845. The van der Waals surface area contributed by atoms with Crippen LogP contribution in [0.2, 0.25) is 0 Å². The van der Waals surface area contributed by atoms with Crippen molar-refractivity contribution >= 4 is 29.4 Å². The summed E-state index contributed by atoms with van der Waals surface area (Å²) in [6.07, 6.45) is 11.3. The molecule has 260 valence electrons. The maximum atomic E-state index is 2.49. The van der Waals surface area contributed by atoms with E-state index in [0.717, 1.165) is 12.8 Å². The zero-order chi connectivity index (χ0) is 36.6. The highest BCUT2D eigenvalue weighted by Crippen LogP contribution is 2.37. The van der Waals surface area contributed by atoms with Gasteiger partial charge in [-0.3, -0.25) is 0 Å². The number of aromatic nitrogens is 1. The third kappa shape index (κ3) is 6.30. The van der Waals surface area contributed by atoms with E-state index in [9.17, 15) is 0 Å². The average molecular weight is 702 g/mol. The van der Waals surface area contributed by atoms with E-state index >= 15 is 0 Å². The van der Waals surface area contributed by atoms with Gasteiger partial charge < -0.3 is 4.57 Å². The van der Waals surface area contributed by atoms with Crippen molar-refractivity contribution < 1.29 is 0 Å². The van der Waals surface area contributed by atoms with Crippen molar-refractivity contribution in [2.75, 3.05) is 0 Å². The molecule has 0 saturated heterocycles. The third-order valence-corrected chi connectivity index (χ3v) is 11.1. The molecule has 1 nitrogen and oxygen atoms in total. The summed E-state index contributed by atoms with van der Waals surface area (Å²) in [7, 11) is 0. The lowest BCUT2D eigenvalue weighted by molar-refractivity contribution is 0.978. The van der Waals surface area contributed by atoms with Gasteiger partial charge in [0.15, 0.2) is 0 Å². The van der Waals surface area contributed by atoms with Crippen molar-refractivity contribution in [3.8, 4) is 50.2 Å². The summed E-state index contributed by atoms with van der Waals surface area (Å²) in [6, 6.07) is 68.1. The smallest absolute Gasteiger partial charge is 0.0503 e. The normalized spacial score (nSPS) is 13.1. The van der Waals surface area contributed by atoms with Crippen LogP contribution in [0.3, 0.4) is 0 Å². The van der Waals surface area contributed by atoms with Gasteiger partial charge in [-0.05, 0) is 139 Å². The molecule has 1 aromatic heterocycles. The van der Waals surface area contributed by atoms with E-state index in [1.54, 1.807) is 0 Å². The van der Waals surface area contributed by atoms with Gasteiger partial charge in [0, 0.05) is 17.7 Å². The summed E-state index contributed by atoms with van der Waals surface area (Å²) in [5.74, 6) is 0. The van der Waals surface area contributed by atoms with Crippen LogP contribution in [0.4, 0.5) is 0 Å². The summed E-state index contributed by atoms with van der Waals surface area (Å²) in [5.41, 5.74) is 18.9. The molecule has 55 heavy (non-hydrogen) atoms. The maximum Gasteiger partial charge on any atom is 0.0503 e. The molecule has 0 unspecified atom stereocenters. The number of hydrogen-bond donors (Lipinski definition) is 0. The number of rotatable bonds is 7. The van der Waals surface area contributed by atoms with E-state index in [4.69, 9.17) is 0 Å². The van der Waals surface area contributed by atoms with Crippen molar-refractivity contribution in [1.29, 1.82) is 0 Å². The number of para-hydroxylation sites is 1. The van der Waals surface area contributed by atoms with Crippen molar-refractivity contribution in [1.82, 2.24) is 4.57 Å². The first kappa shape index (κ1) is 32.7. The van der Waals surface area contributed by atoms with E-state index < -0.39 is 0 Å². The monoisotopic (exact) mass is 701 g/mol. The van der Waals surface area contributed by atoms with Crippen LogP contribution in [0, 0.1) is 0 Å². The molecule has 0 atom stereocenters. The lowest BCUT2D eigenvalue weighted by Gasteiger charge is -2.17. The Bertz CT molecular complexity index is 2740. The van der Waals surface area contributed by atoms with Gasteiger partial charge in [-0.2, -0.15) is 0 Å². The third-order valence-electron chi connectivity index (χ3n) is 11.1. The fourth-order valence-electron chi connectivity index (χ4n) is 8.34. The molecule has 1 heteroatoms. The van der Waals surface area contributed by atoms with E-state index in [2.05, 4.69) is 217 Å². The summed E-state index contributed by atoms with van der Waals surface area (Å²) in [4.78, 5) is 0. The SMILES string of the molecule is C1=C(c2cc(-c3ccccc3)cc(-c3ccccc3)c2)CC=c2c1c1c(n2-c2ccccc2)=CC=C(c2cc(-c3ccccc3)cc(-c3ccccc3)c2)C1. The maximum absolute atomic E-state index is 2.49. The minimum atomic E-state index is 0.845. The molecule has 0 aliphatic heterocycles. The standard InChI is InChI=1S/C54H39N/c1-6-16-38(17-7-1)44-30-45(39-18-8-2-9-19-39)33-48(32-44)42-26-28-53-51(36-42)52-37-43(27-29-54(52)55(53)50-24-14-5-15-25-50)49-34-46(40-20-10-3-11-21-40)31-47(35-49)41-22-12-4-13-23-41/h1-26,28-35,37H,27,36H2. The Morgan fingerprint density at radius 2 is 0.745 bits per heavy atom. The highest BCUT2D eigenvalue weighted by Gasteiger charge is 2.22. The topological polar surface area (TPSA) is 4.93 Å². The van der Waals surface area contributed by atoms with Gasteiger partial charge in [-0.15, -0.1) is 0 Å². The molecule has 0 bridgehead atoms. The van der Waals surface area contributed by atoms with Crippen LogP contribution in [0.5, 0.6) is 0 Å². The highest BCUT2D eigenvalue weighted by molar-refractivity contribution is 5.92. The molecule has 0 amide bonds. The lowest BCUT2D eigenvalue weighted by Crippen LogP contribution is -2.27.